The van der Waals surface area contributed by atoms with Crippen molar-refractivity contribution in [2.75, 3.05) is 22.7 Å². The molecule has 2 N–H and O–H groups in total. The topological polar surface area (TPSA) is 91.4 Å². The zero-order valence-corrected chi connectivity index (χ0v) is 16.0. The highest BCUT2D eigenvalue weighted by atomic mass is 32.2. The van der Waals surface area contributed by atoms with Gasteiger partial charge in [0.2, 0.25) is 5.91 Å². The first-order valence-electron chi connectivity index (χ1n) is 8.41. The number of para-hydroxylation sites is 1. The standard InChI is InChI=1S/C18H24N4O3S/c1-4-22(15-8-6-5-7-9-15)26(24,25)16-10-11-17(19-12-16)20-13-18(23)21-14(2)3/h5-12,14H,4,13H2,1-3H3,(H,19,20)(H,21,23). The Morgan fingerprint density at radius 2 is 1.85 bits per heavy atom. The summed E-state index contributed by atoms with van der Waals surface area (Å²) in [6.45, 7) is 5.91. The van der Waals surface area contributed by atoms with Crippen LogP contribution in [0.3, 0.4) is 0 Å². The number of hydrogen-bond donors (Lipinski definition) is 2. The van der Waals surface area contributed by atoms with Crippen molar-refractivity contribution in [2.45, 2.75) is 31.7 Å². The number of pyridine rings is 1. The van der Waals surface area contributed by atoms with Gasteiger partial charge in [-0.05, 0) is 45.0 Å². The molecule has 1 heterocycles. The first-order chi connectivity index (χ1) is 12.3. The van der Waals surface area contributed by atoms with E-state index in [2.05, 4.69) is 15.6 Å². The van der Waals surface area contributed by atoms with Crippen LogP contribution in [-0.2, 0) is 14.8 Å². The van der Waals surface area contributed by atoms with Gasteiger partial charge < -0.3 is 10.6 Å². The fourth-order valence-electron chi connectivity index (χ4n) is 2.39. The number of nitrogens with one attached hydrogen (secondary N) is 2. The quantitative estimate of drug-likeness (QED) is 0.737. The van der Waals surface area contributed by atoms with E-state index in [9.17, 15) is 13.2 Å². The zero-order chi connectivity index (χ0) is 19.2. The summed E-state index contributed by atoms with van der Waals surface area (Å²) in [4.78, 5) is 15.8. The maximum absolute atomic E-state index is 12.9. The van der Waals surface area contributed by atoms with Crippen LogP contribution in [0.2, 0.25) is 0 Å². The number of rotatable bonds is 8. The van der Waals surface area contributed by atoms with Crippen molar-refractivity contribution in [2.24, 2.45) is 0 Å². The minimum atomic E-state index is -3.70. The fraction of sp³-hybridized carbons (Fsp3) is 0.333. The van der Waals surface area contributed by atoms with Gasteiger partial charge in [0.15, 0.2) is 0 Å². The number of amides is 1. The molecule has 140 valence electrons. The lowest BCUT2D eigenvalue weighted by atomic mass is 10.3. The van der Waals surface area contributed by atoms with E-state index in [-0.39, 0.29) is 23.4 Å². The van der Waals surface area contributed by atoms with Crippen LogP contribution in [0, 0.1) is 0 Å². The lowest BCUT2D eigenvalue weighted by Crippen LogP contribution is -2.35. The van der Waals surface area contributed by atoms with E-state index in [1.165, 1.54) is 16.6 Å². The molecule has 1 amide bonds. The summed E-state index contributed by atoms with van der Waals surface area (Å²) in [6, 6.07) is 12.0. The van der Waals surface area contributed by atoms with Crippen LogP contribution in [0.4, 0.5) is 11.5 Å². The molecule has 8 heteroatoms. The van der Waals surface area contributed by atoms with Gasteiger partial charge in [0.25, 0.3) is 10.0 Å². The SMILES string of the molecule is CCN(c1ccccc1)S(=O)(=O)c1ccc(NCC(=O)NC(C)C)nc1. The van der Waals surface area contributed by atoms with Crippen LogP contribution in [-0.4, -0.2) is 38.4 Å². The zero-order valence-electron chi connectivity index (χ0n) is 15.1. The Morgan fingerprint density at radius 3 is 2.38 bits per heavy atom. The van der Waals surface area contributed by atoms with Gasteiger partial charge in [0.05, 0.1) is 12.2 Å². The number of anilines is 2. The third-order valence-corrected chi connectivity index (χ3v) is 5.42. The molecule has 0 aliphatic carbocycles. The molecule has 2 rings (SSSR count). The summed E-state index contributed by atoms with van der Waals surface area (Å²) in [5, 5.41) is 5.63. The smallest absolute Gasteiger partial charge is 0.265 e. The molecular formula is C18H24N4O3S. The molecule has 0 aliphatic rings. The van der Waals surface area contributed by atoms with E-state index in [1.807, 2.05) is 19.9 Å². The lowest BCUT2D eigenvalue weighted by molar-refractivity contribution is -0.119. The summed E-state index contributed by atoms with van der Waals surface area (Å²) in [7, 11) is -3.70. The summed E-state index contributed by atoms with van der Waals surface area (Å²) in [5.41, 5.74) is 0.600. The van der Waals surface area contributed by atoms with Crippen LogP contribution in [0.25, 0.3) is 0 Å². The minimum absolute atomic E-state index is 0.0581. The number of benzene rings is 1. The molecule has 0 aliphatic heterocycles. The van der Waals surface area contributed by atoms with Crippen molar-refractivity contribution >= 4 is 27.4 Å². The third-order valence-electron chi connectivity index (χ3n) is 3.54. The van der Waals surface area contributed by atoms with E-state index in [4.69, 9.17) is 0 Å². The Morgan fingerprint density at radius 1 is 1.15 bits per heavy atom. The van der Waals surface area contributed by atoms with E-state index in [0.717, 1.165) is 0 Å². The molecule has 0 radical (unpaired) electrons. The van der Waals surface area contributed by atoms with Gasteiger partial charge >= 0.3 is 0 Å². The van der Waals surface area contributed by atoms with Crippen LogP contribution in [0.1, 0.15) is 20.8 Å². The summed E-state index contributed by atoms with van der Waals surface area (Å²) >= 11 is 0. The molecule has 0 bridgehead atoms. The fourth-order valence-corrected chi connectivity index (χ4v) is 3.81. The van der Waals surface area contributed by atoms with Crippen LogP contribution < -0.4 is 14.9 Å². The maximum Gasteiger partial charge on any atom is 0.265 e. The van der Waals surface area contributed by atoms with Gasteiger partial charge in [-0.25, -0.2) is 13.4 Å². The van der Waals surface area contributed by atoms with Crippen molar-refractivity contribution < 1.29 is 13.2 Å². The van der Waals surface area contributed by atoms with Gasteiger partial charge in [-0.1, -0.05) is 18.2 Å². The van der Waals surface area contributed by atoms with E-state index in [0.29, 0.717) is 18.1 Å². The second-order valence-electron chi connectivity index (χ2n) is 5.96. The van der Waals surface area contributed by atoms with Gasteiger partial charge in [-0.15, -0.1) is 0 Å². The molecule has 0 saturated carbocycles. The number of nitrogens with zero attached hydrogens (tertiary/aromatic N) is 2. The van der Waals surface area contributed by atoms with Crippen molar-refractivity contribution in [3.05, 3.63) is 48.7 Å². The van der Waals surface area contributed by atoms with Gasteiger partial charge in [0.1, 0.15) is 10.7 Å². The van der Waals surface area contributed by atoms with Gasteiger partial charge in [-0.3, -0.25) is 9.10 Å². The molecule has 0 unspecified atom stereocenters. The third kappa shape index (κ3) is 4.95. The monoisotopic (exact) mass is 376 g/mol. The largest absolute Gasteiger partial charge is 0.361 e. The first kappa shape index (κ1) is 19.7. The Bertz CT molecular complexity index is 821. The second kappa shape index (κ2) is 8.66. The highest BCUT2D eigenvalue weighted by molar-refractivity contribution is 7.92. The predicted octanol–water partition coefficient (Wildman–Crippen LogP) is 2.23. The predicted molar refractivity (Wildman–Crippen MR) is 103 cm³/mol. The number of aromatic nitrogens is 1. The average Bonchev–Trinajstić information content (AvgIpc) is 2.61. The Balaban J connectivity index is 2.12. The summed E-state index contributed by atoms with van der Waals surface area (Å²) in [6.07, 6.45) is 1.30. The minimum Gasteiger partial charge on any atom is -0.361 e. The molecule has 1 aromatic carbocycles. The number of sulfonamides is 1. The van der Waals surface area contributed by atoms with Crippen molar-refractivity contribution in [3.8, 4) is 0 Å². The van der Waals surface area contributed by atoms with E-state index in [1.54, 1.807) is 37.3 Å². The molecule has 0 spiro atoms. The highest BCUT2D eigenvalue weighted by Crippen LogP contribution is 2.23. The molecule has 1 aromatic heterocycles. The summed E-state index contributed by atoms with van der Waals surface area (Å²) in [5.74, 6) is 0.283. The van der Waals surface area contributed by atoms with E-state index < -0.39 is 10.0 Å². The van der Waals surface area contributed by atoms with Crippen molar-refractivity contribution in [1.82, 2.24) is 10.3 Å². The first-order valence-corrected chi connectivity index (χ1v) is 9.85. The molecule has 7 nitrogen and oxygen atoms in total. The van der Waals surface area contributed by atoms with E-state index >= 15 is 0 Å². The summed E-state index contributed by atoms with van der Waals surface area (Å²) < 4.78 is 27.1. The molecule has 26 heavy (non-hydrogen) atoms. The van der Waals surface area contributed by atoms with Crippen molar-refractivity contribution in [1.29, 1.82) is 0 Å². The van der Waals surface area contributed by atoms with Crippen LogP contribution in [0.5, 0.6) is 0 Å². The van der Waals surface area contributed by atoms with Crippen LogP contribution in [0.15, 0.2) is 53.6 Å². The van der Waals surface area contributed by atoms with Gasteiger partial charge in [0, 0.05) is 18.8 Å². The second-order valence-corrected chi connectivity index (χ2v) is 7.82. The Kier molecular flexibility index (Phi) is 6.57. The number of hydrogen-bond acceptors (Lipinski definition) is 5. The van der Waals surface area contributed by atoms with Crippen LogP contribution >= 0.6 is 0 Å². The Hall–Kier alpha value is -2.61. The highest BCUT2D eigenvalue weighted by Gasteiger charge is 2.23. The average molecular weight is 376 g/mol. The Labute approximate surface area is 154 Å². The molecule has 0 fully saturated rings. The van der Waals surface area contributed by atoms with Crippen molar-refractivity contribution in [3.63, 3.8) is 0 Å². The molecular weight excluding hydrogens is 352 g/mol. The normalized spacial score (nSPS) is 11.2. The maximum atomic E-state index is 12.9. The lowest BCUT2D eigenvalue weighted by Gasteiger charge is -2.22. The van der Waals surface area contributed by atoms with Gasteiger partial charge in [-0.2, -0.15) is 0 Å². The number of carbonyl (C=O) groups is 1. The molecule has 2 aromatic rings. The number of carbonyl (C=O) groups excluding carboxylic acids is 1. The molecule has 0 atom stereocenters. The molecule has 0 saturated heterocycles.